The van der Waals surface area contributed by atoms with Crippen molar-refractivity contribution in [2.75, 3.05) is 6.61 Å². The van der Waals surface area contributed by atoms with E-state index >= 15 is 0 Å². The molecule has 6 nitrogen and oxygen atoms in total. The summed E-state index contributed by atoms with van der Waals surface area (Å²) in [6.07, 6.45) is -6.34. The van der Waals surface area contributed by atoms with Crippen molar-refractivity contribution in [3.8, 4) is 0 Å². The number of carbonyl (C=O) groups is 2. The molecule has 0 saturated heterocycles. The van der Waals surface area contributed by atoms with E-state index < -0.39 is 44.1 Å². The van der Waals surface area contributed by atoms with Crippen LogP contribution in [0.1, 0.15) is 44.4 Å². The number of aliphatic carboxylic acids is 1. The topological polar surface area (TPSA) is 95.9 Å². The van der Waals surface area contributed by atoms with Gasteiger partial charge in [0.2, 0.25) is 0 Å². The summed E-state index contributed by atoms with van der Waals surface area (Å²) in [4.78, 5) is 23.6. The van der Waals surface area contributed by atoms with E-state index in [1.807, 2.05) is 33.9 Å². The Morgan fingerprint density at radius 1 is 1.14 bits per heavy atom. The lowest BCUT2D eigenvalue weighted by molar-refractivity contribution is -0.144. The Hall–Kier alpha value is -1.91. The van der Waals surface area contributed by atoms with E-state index in [0.717, 1.165) is 24.3 Å². The van der Waals surface area contributed by atoms with Gasteiger partial charge >= 0.3 is 12.1 Å². The highest BCUT2D eigenvalue weighted by molar-refractivity contribution is 6.74. The lowest BCUT2D eigenvalue weighted by Crippen LogP contribution is -2.45. The van der Waals surface area contributed by atoms with E-state index in [2.05, 4.69) is 5.32 Å². The zero-order valence-corrected chi connectivity index (χ0v) is 18.1. The molecule has 0 aliphatic heterocycles. The van der Waals surface area contributed by atoms with Crippen LogP contribution < -0.4 is 5.32 Å². The summed E-state index contributed by atoms with van der Waals surface area (Å²) in [5, 5.41) is 21.5. The molecule has 1 aromatic carbocycles. The molecule has 0 aromatic heterocycles. The molecular weight excluding hydrogens is 407 g/mol. The summed E-state index contributed by atoms with van der Waals surface area (Å²) in [5.41, 5.74) is -0.989. The number of carboxylic acid groups (broad SMARTS) is 1. The average molecular weight is 436 g/mol. The van der Waals surface area contributed by atoms with Crippen LogP contribution in [0, 0.1) is 0 Å². The minimum absolute atomic E-state index is 0.00663. The summed E-state index contributed by atoms with van der Waals surface area (Å²) in [5.74, 6) is -2.30. The normalized spacial score (nSPS) is 14.9. The largest absolute Gasteiger partial charge is 0.480 e. The predicted octanol–water partition coefficient (Wildman–Crippen LogP) is 3.72. The smallest absolute Gasteiger partial charge is 0.416 e. The van der Waals surface area contributed by atoms with Crippen molar-refractivity contribution in [1.29, 1.82) is 0 Å². The highest BCUT2D eigenvalue weighted by atomic mass is 28.4. The number of nitrogens with one attached hydrogen (secondary N) is 1. The number of carboxylic acids is 1. The molecule has 0 spiro atoms. The van der Waals surface area contributed by atoms with E-state index in [0.29, 0.717) is 0 Å². The van der Waals surface area contributed by atoms with Crippen molar-refractivity contribution in [2.45, 2.75) is 63.6 Å². The van der Waals surface area contributed by atoms with Crippen LogP contribution in [-0.2, 0) is 20.2 Å². The van der Waals surface area contributed by atoms with Gasteiger partial charge in [-0.25, -0.2) is 4.79 Å². The standard InChI is InChI=1S/C19H28F3NO5Si/c1-18(2,3)29(4,5)28-11-10-14(17(26)27)23-16(25)15(24)12-6-8-13(9-7-12)19(20,21)22/h6-9,14-15,24H,10-11H2,1-5H3,(H,23,25)(H,26,27)/t14-,15+/m0/s1. The fourth-order valence-electron chi connectivity index (χ4n) is 2.16. The maximum atomic E-state index is 12.6. The zero-order chi connectivity index (χ0) is 22.6. The van der Waals surface area contributed by atoms with Gasteiger partial charge in [0.1, 0.15) is 6.04 Å². The van der Waals surface area contributed by atoms with Crippen LogP contribution in [0.5, 0.6) is 0 Å². The molecular formula is C19H28F3NO5Si. The number of halogens is 3. The number of rotatable bonds is 8. The monoisotopic (exact) mass is 435 g/mol. The number of hydrogen-bond donors (Lipinski definition) is 3. The van der Waals surface area contributed by atoms with Gasteiger partial charge in [-0.15, -0.1) is 0 Å². The molecule has 0 aliphatic rings. The molecule has 0 heterocycles. The minimum Gasteiger partial charge on any atom is -0.480 e. The van der Waals surface area contributed by atoms with Gasteiger partial charge in [-0.3, -0.25) is 4.79 Å². The molecule has 0 bridgehead atoms. The number of aliphatic hydroxyl groups is 1. The first-order valence-corrected chi connectivity index (χ1v) is 12.0. The molecule has 29 heavy (non-hydrogen) atoms. The van der Waals surface area contributed by atoms with Crippen LogP contribution in [-0.4, -0.2) is 43.1 Å². The Balaban J connectivity index is 2.73. The summed E-state index contributed by atoms with van der Waals surface area (Å²) in [6, 6.07) is 2.14. The van der Waals surface area contributed by atoms with Crippen LogP contribution in [0.15, 0.2) is 24.3 Å². The van der Waals surface area contributed by atoms with Crippen LogP contribution >= 0.6 is 0 Å². The summed E-state index contributed by atoms with van der Waals surface area (Å²) in [7, 11) is -2.09. The maximum absolute atomic E-state index is 12.6. The van der Waals surface area contributed by atoms with E-state index in [-0.39, 0.29) is 23.6 Å². The second-order valence-corrected chi connectivity index (χ2v) is 13.1. The zero-order valence-electron chi connectivity index (χ0n) is 17.1. The molecule has 1 amide bonds. The van der Waals surface area contributed by atoms with Crippen LogP contribution in [0.3, 0.4) is 0 Å². The Labute approximate surface area is 169 Å². The van der Waals surface area contributed by atoms with Crippen molar-refractivity contribution in [1.82, 2.24) is 5.32 Å². The highest BCUT2D eigenvalue weighted by Crippen LogP contribution is 2.36. The number of carbonyl (C=O) groups excluding carboxylic acids is 1. The lowest BCUT2D eigenvalue weighted by Gasteiger charge is -2.36. The van der Waals surface area contributed by atoms with Gasteiger partial charge in [-0.2, -0.15) is 13.2 Å². The van der Waals surface area contributed by atoms with Gasteiger partial charge < -0.3 is 20.0 Å². The molecule has 164 valence electrons. The Bertz CT molecular complexity index is 714. The number of alkyl halides is 3. The fourth-order valence-corrected chi connectivity index (χ4v) is 3.22. The number of benzene rings is 1. The molecule has 10 heteroatoms. The molecule has 0 fully saturated rings. The van der Waals surface area contributed by atoms with Gasteiger partial charge in [0.05, 0.1) is 5.56 Å². The highest BCUT2D eigenvalue weighted by Gasteiger charge is 2.37. The van der Waals surface area contributed by atoms with E-state index in [1.54, 1.807) is 0 Å². The van der Waals surface area contributed by atoms with Gasteiger partial charge in [-0.1, -0.05) is 32.9 Å². The average Bonchev–Trinajstić information content (AvgIpc) is 2.58. The molecule has 1 rings (SSSR count). The second-order valence-electron chi connectivity index (χ2n) is 8.32. The van der Waals surface area contributed by atoms with Gasteiger partial charge in [-0.05, 0) is 35.8 Å². The van der Waals surface area contributed by atoms with Crippen molar-refractivity contribution in [3.63, 3.8) is 0 Å². The Morgan fingerprint density at radius 2 is 1.66 bits per heavy atom. The summed E-state index contributed by atoms with van der Waals surface area (Å²) >= 11 is 0. The molecule has 0 aliphatic carbocycles. The van der Waals surface area contributed by atoms with E-state index in [1.165, 1.54) is 0 Å². The molecule has 1 aromatic rings. The van der Waals surface area contributed by atoms with Crippen molar-refractivity contribution >= 4 is 20.2 Å². The first-order valence-electron chi connectivity index (χ1n) is 9.08. The Morgan fingerprint density at radius 3 is 2.07 bits per heavy atom. The van der Waals surface area contributed by atoms with E-state index in [9.17, 15) is 33.0 Å². The fraction of sp³-hybridized carbons (Fsp3) is 0.579. The van der Waals surface area contributed by atoms with Crippen molar-refractivity contribution < 1.29 is 37.4 Å². The summed E-state index contributed by atoms with van der Waals surface area (Å²) in [6.45, 7) is 10.2. The third-order valence-electron chi connectivity index (χ3n) is 5.09. The first kappa shape index (κ1) is 25.1. The molecule has 0 unspecified atom stereocenters. The number of amides is 1. The van der Waals surface area contributed by atoms with Crippen LogP contribution in [0.2, 0.25) is 18.1 Å². The SMILES string of the molecule is CC(C)(C)[Si](C)(C)OCC[C@H](NC(=O)[C@H](O)c1ccc(C(F)(F)F)cc1)C(=O)O. The third-order valence-corrected chi connectivity index (χ3v) is 9.63. The van der Waals surface area contributed by atoms with Crippen LogP contribution in [0.25, 0.3) is 0 Å². The molecule has 3 N–H and O–H groups in total. The van der Waals surface area contributed by atoms with Gasteiger partial charge in [0, 0.05) is 13.0 Å². The van der Waals surface area contributed by atoms with Crippen molar-refractivity contribution in [2.24, 2.45) is 0 Å². The van der Waals surface area contributed by atoms with Gasteiger partial charge in [0.15, 0.2) is 14.4 Å². The van der Waals surface area contributed by atoms with Gasteiger partial charge in [0.25, 0.3) is 5.91 Å². The predicted molar refractivity (Wildman–Crippen MR) is 104 cm³/mol. The lowest BCUT2D eigenvalue weighted by atomic mass is 10.1. The number of aliphatic hydroxyl groups excluding tert-OH is 1. The first-order chi connectivity index (χ1) is 13.1. The minimum atomic E-state index is -4.54. The molecule has 0 saturated carbocycles. The second kappa shape index (κ2) is 9.27. The number of hydrogen-bond acceptors (Lipinski definition) is 4. The molecule has 2 atom stereocenters. The summed E-state index contributed by atoms with van der Waals surface area (Å²) < 4.78 is 43.7. The van der Waals surface area contributed by atoms with Crippen molar-refractivity contribution in [3.05, 3.63) is 35.4 Å². The van der Waals surface area contributed by atoms with Crippen LogP contribution in [0.4, 0.5) is 13.2 Å². The molecule has 0 radical (unpaired) electrons. The quantitative estimate of drug-likeness (QED) is 0.541. The van der Waals surface area contributed by atoms with E-state index in [4.69, 9.17) is 4.43 Å². The third kappa shape index (κ3) is 7.13. The maximum Gasteiger partial charge on any atom is 0.416 e. The Kier molecular flexibility index (Phi) is 8.03.